The van der Waals surface area contributed by atoms with Gasteiger partial charge in [-0.05, 0) is 37.4 Å². The maximum absolute atomic E-state index is 5.74. The van der Waals surface area contributed by atoms with Gasteiger partial charge in [0.2, 0.25) is 0 Å². The molecule has 0 amide bonds. The lowest BCUT2D eigenvalue weighted by Gasteiger charge is -2.28. The highest BCUT2D eigenvalue weighted by Crippen LogP contribution is 2.29. The second kappa shape index (κ2) is 5.46. The molecule has 16 heavy (non-hydrogen) atoms. The SMILES string of the molecule is CC1CCN(C(CCN)c2ccccc2)C1. The summed E-state index contributed by atoms with van der Waals surface area (Å²) in [6.45, 7) is 5.55. The van der Waals surface area contributed by atoms with Gasteiger partial charge in [0, 0.05) is 12.6 Å². The summed E-state index contributed by atoms with van der Waals surface area (Å²) in [4.78, 5) is 2.59. The minimum absolute atomic E-state index is 0.524. The van der Waals surface area contributed by atoms with Crippen molar-refractivity contribution in [1.82, 2.24) is 4.90 Å². The summed E-state index contributed by atoms with van der Waals surface area (Å²) < 4.78 is 0. The van der Waals surface area contributed by atoms with Crippen LogP contribution in [0, 0.1) is 5.92 Å². The van der Waals surface area contributed by atoms with Crippen LogP contribution in [0.4, 0.5) is 0 Å². The molecule has 1 aromatic rings. The van der Waals surface area contributed by atoms with Gasteiger partial charge in [-0.1, -0.05) is 37.3 Å². The third-order valence-electron chi connectivity index (χ3n) is 3.52. The number of likely N-dealkylation sites (tertiary alicyclic amines) is 1. The lowest BCUT2D eigenvalue weighted by atomic mass is 10.0. The van der Waals surface area contributed by atoms with Crippen LogP contribution >= 0.6 is 0 Å². The maximum atomic E-state index is 5.74. The highest BCUT2D eigenvalue weighted by atomic mass is 15.2. The van der Waals surface area contributed by atoms with Gasteiger partial charge in [0.25, 0.3) is 0 Å². The minimum atomic E-state index is 0.524. The van der Waals surface area contributed by atoms with Gasteiger partial charge < -0.3 is 5.73 Å². The van der Waals surface area contributed by atoms with E-state index in [0.717, 1.165) is 18.9 Å². The standard InChI is InChI=1S/C14H22N2/c1-12-8-10-16(11-12)14(7-9-15)13-5-3-2-4-6-13/h2-6,12,14H,7-11,15H2,1H3. The van der Waals surface area contributed by atoms with Crippen LogP contribution in [0.2, 0.25) is 0 Å². The molecule has 1 aliphatic heterocycles. The fourth-order valence-electron chi connectivity index (χ4n) is 2.65. The van der Waals surface area contributed by atoms with Crippen LogP contribution in [-0.4, -0.2) is 24.5 Å². The maximum Gasteiger partial charge on any atom is 0.0360 e. The van der Waals surface area contributed by atoms with Crippen molar-refractivity contribution in [2.24, 2.45) is 11.7 Å². The molecule has 0 aromatic heterocycles. The number of hydrogen-bond donors (Lipinski definition) is 1. The summed E-state index contributed by atoms with van der Waals surface area (Å²) in [6.07, 6.45) is 2.39. The van der Waals surface area contributed by atoms with E-state index in [9.17, 15) is 0 Å². The quantitative estimate of drug-likeness (QED) is 0.841. The van der Waals surface area contributed by atoms with Gasteiger partial charge in [-0.25, -0.2) is 0 Å². The molecule has 2 unspecified atom stereocenters. The zero-order valence-corrected chi connectivity index (χ0v) is 10.1. The Labute approximate surface area is 98.4 Å². The summed E-state index contributed by atoms with van der Waals surface area (Å²) in [5.41, 5.74) is 7.16. The molecule has 0 spiro atoms. The van der Waals surface area contributed by atoms with E-state index in [1.807, 2.05) is 0 Å². The Balaban J connectivity index is 2.11. The molecule has 2 rings (SSSR count). The van der Waals surface area contributed by atoms with Gasteiger partial charge in [0.1, 0.15) is 0 Å². The van der Waals surface area contributed by atoms with Crippen LogP contribution in [0.5, 0.6) is 0 Å². The number of nitrogens with zero attached hydrogens (tertiary/aromatic N) is 1. The first-order chi connectivity index (χ1) is 7.81. The molecular weight excluding hydrogens is 196 g/mol. The molecule has 1 aromatic carbocycles. The fraction of sp³-hybridized carbons (Fsp3) is 0.571. The molecule has 0 radical (unpaired) electrons. The molecule has 88 valence electrons. The van der Waals surface area contributed by atoms with Gasteiger partial charge >= 0.3 is 0 Å². The number of rotatable bonds is 4. The van der Waals surface area contributed by atoms with Gasteiger partial charge in [-0.3, -0.25) is 4.90 Å². The number of nitrogens with two attached hydrogens (primary N) is 1. The molecule has 1 heterocycles. The predicted octanol–water partition coefficient (Wildman–Crippen LogP) is 2.42. The van der Waals surface area contributed by atoms with Gasteiger partial charge in [0.15, 0.2) is 0 Å². The van der Waals surface area contributed by atoms with Crippen LogP contribution in [0.1, 0.15) is 31.4 Å². The lowest BCUT2D eigenvalue weighted by Crippen LogP contribution is -2.28. The topological polar surface area (TPSA) is 29.3 Å². The van der Waals surface area contributed by atoms with Crippen molar-refractivity contribution in [3.63, 3.8) is 0 Å². The number of benzene rings is 1. The summed E-state index contributed by atoms with van der Waals surface area (Å²) in [5.74, 6) is 0.837. The molecule has 0 saturated carbocycles. The van der Waals surface area contributed by atoms with E-state index < -0.39 is 0 Å². The van der Waals surface area contributed by atoms with Crippen molar-refractivity contribution in [2.45, 2.75) is 25.8 Å². The minimum Gasteiger partial charge on any atom is -0.330 e. The van der Waals surface area contributed by atoms with E-state index in [0.29, 0.717) is 6.04 Å². The first-order valence-corrected chi connectivity index (χ1v) is 6.30. The second-order valence-corrected chi connectivity index (χ2v) is 4.89. The monoisotopic (exact) mass is 218 g/mol. The van der Waals surface area contributed by atoms with E-state index in [2.05, 4.69) is 42.2 Å². The highest BCUT2D eigenvalue weighted by molar-refractivity contribution is 5.19. The fourth-order valence-corrected chi connectivity index (χ4v) is 2.65. The Morgan fingerprint density at radius 3 is 2.69 bits per heavy atom. The summed E-state index contributed by atoms with van der Waals surface area (Å²) in [7, 11) is 0. The third-order valence-corrected chi connectivity index (χ3v) is 3.52. The van der Waals surface area contributed by atoms with E-state index in [1.165, 1.54) is 25.1 Å². The molecule has 2 N–H and O–H groups in total. The van der Waals surface area contributed by atoms with Crippen molar-refractivity contribution >= 4 is 0 Å². The average Bonchev–Trinajstić information content (AvgIpc) is 2.74. The summed E-state index contributed by atoms with van der Waals surface area (Å²) in [5, 5.41) is 0. The molecule has 1 saturated heterocycles. The van der Waals surface area contributed by atoms with Crippen LogP contribution in [-0.2, 0) is 0 Å². The highest BCUT2D eigenvalue weighted by Gasteiger charge is 2.26. The van der Waals surface area contributed by atoms with Crippen LogP contribution in [0.3, 0.4) is 0 Å². The Morgan fingerprint density at radius 2 is 2.12 bits per heavy atom. The average molecular weight is 218 g/mol. The van der Waals surface area contributed by atoms with Crippen LogP contribution in [0.25, 0.3) is 0 Å². The Kier molecular flexibility index (Phi) is 3.97. The Morgan fingerprint density at radius 1 is 1.38 bits per heavy atom. The van der Waals surface area contributed by atoms with Gasteiger partial charge in [-0.15, -0.1) is 0 Å². The largest absolute Gasteiger partial charge is 0.330 e. The Bertz CT molecular complexity index is 310. The second-order valence-electron chi connectivity index (χ2n) is 4.89. The molecule has 1 aliphatic rings. The molecule has 1 fully saturated rings. The van der Waals surface area contributed by atoms with Gasteiger partial charge in [-0.2, -0.15) is 0 Å². The van der Waals surface area contributed by atoms with Gasteiger partial charge in [0.05, 0.1) is 0 Å². The van der Waals surface area contributed by atoms with E-state index in [4.69, 9.17) is 5.73 Å². The van der Waals surface area contributed by atoms with Crippen molar-refractivity contribution in [2.75, 3.05) is 19.6 Å². The summed E-state index contributed by atoms with van der Waals surface area (Å²) in [6, 6.07) is 11.3. The zero-order valence-electron chi connectivity index (χ0n) is 10.1. The van der Waals surface area contributed by atoms with Crippen LogP contribution in [0.15, 0.2) is 30.3 Å². The predicted molar refractivity (Wildman–Crippen MR) is 68.2 cm³/mol. The molecule has 0 aliphatic carbocycles. The molecule has 2 heteroatoms. The van der Waals surface area contributed by atoms with E-state index in [-0.39, 0.29) is 0 Å². The molecule has 2 atom stereocenters. The van der Waals surface area contributed by atoms with E-state index >= 15 is 0 Å². The number of hydrogen-bond acceptors (Lipinski definition) is 2. The molecule has 2 nitrogen and oxygen atoms in total. The first kappa shape index (κ1) is 11.6. The lowest BCUT2D eigenvalue weighted by molar-refractivity contribution is 0.229. The zero-order chi connectivity index (χ0) is 11.4. The smallest absolute Gasteiger partial charge is 0.0360 e. The Hall–Kier alpha value is -0.860. The first-order valence-electron chi connectivity index (χ1n) is 6.30. The normalized spacial score (nSPS) is 23.5. The van der Waals surface area contributed by atoms with E-state index in [1.54, 1.807) is 0 Å². The van der Waals surface area contributed by atoms with Crippen LogP contribution < -0.4 is 5.73 Å². The molecule has 0 bridgehead atoms. The molecular formula is C14H22N2. The van der Waals surface area contributed by atoms with Crippen molar-refractivity contribution in [3.8, 4) is 0 Å². The van der Waals surface area contributed by atoms with Crippen molar-refractivity contribution < 1.29 is 0 Å². The van der Waals surface area contributed by atoms with Crippen molar-refractivity contribution in [1.29, 1.82) is 0 Å². The summed E-state index contributed by atoms with van der Waals surface area (Å²) >= 11 is 0. The third kappa shape index (κ3) is 2.63. The van der Waals surface area contributed by atoms with Crippen molar-refractivity contribution in [3.05, 3.63) is 35.9 Å².